The standard InChI is InChI=1S/C27H26N4O5/c1-16-8-10-22(17(2)12-16)28-14-24(32)29-30-25(33)21-13-18(9-11-23(21)36-3)15-31-26(34)19-6-4-5-7-20(19)27(31)35/h4-13,28H,14-15H2,1-3H3,(H,29,32)(H,30,33). The van der Waals surface area contributed by atoms with E-state index in [1.54, 1.807) is 36.4 Å². The van der Waals surface area contributed by atoms with Crippen LogP contribution in [0, 0.1) is 13.8 Å². The molecule has 1 aliphatic heterocycles. The number of anilines is 1. The van der Waals surface area contributed by atoms with E-state index in [-0.39, 0.29) is 36.2 Å². The summed E-state index contributed by atoms with van der Waals surface area (Å²) in [6.45, 7) is 3.88. The molecular formula is C27H26N4O5. The molecule has 0 fully saturated rings. The van der Waals surface area contributed by atoms with E-state index in [0.29, 0.717) is 16.7 Å². The van der Waals surface area contributed by atoms with Crippen molar-refractivity contribution in [2.75, 3.05) is 19.0 Å². The molecule has 1 heterocycles. The molecule has 9 heteroatoms. The Hall–Kier alpha value is -4.66. The number of carbonyl (C=O) groups excluding carboxylic acids is 4. The fourth-order valence-electron chi connectivity index (χ4n) is 4.02. The van der Waals surface area contributed by atoms with Gasteiger partial charge in [0.2, 0.25) is 0 Å². The van der Waals surface area contributed by atoms with E-state index in [1.807, 2.05) is 32.0 Å². The van der Waals surface area contributed by atoms with Crippen LogP contribution in [0.3, 0.4) is 0 Å². The second-order valence-corrected chi connectivity index (χ2v) is 8.45. The molecule has 9 nitrogen and oxygen atoms in total. The number of ether oxygens (including phenoxy) is 1. The lowest BCUT2D eigenvalue weighted by Gasteiger charge is -2.16. The Balaban J connectivity index is 1.40. The van der Waals surface area contributed by atoms with Gasteiger partial charge in [0.25, 0.3) is 23.6 Å². The summed E-state index contributed by atoms with van der Waals surface area (Å²) in [4.78, 5) is 51.6. The minimum absolute atomic E-state index is 0.0111. The van der Waals surface area contributed by atoms with Crippen LogP contribution < -0.4 is 20.9 Å². The first kappa shape index (κ1) is 24.5. The van der Waals surface area contributed by atoms with Gasteiger partial charge in [0, 0.05) is 5.69 Å². The number of hydrogen-bond acceptors (Lipinski definition) is 6. The van der Waals surface area contributed by atoms with Gasteiger partial charge in [0.05, 0.1) is 36.9 Å². The Labute approximate surface area is 208 Å². The smallest absolute Gasteiger partial charge is 0.273 e. The van der Waals surface area contributed by atoms with Crippen molar-refractivity contribution < 1.29 is 23.9 Å². The van der Waals surface area contributed by atoms with Gasteiger partial charge in [-0.3, -0.25) is 34.9 Å². The molecular weight excluding hydrogens is 460 g/mol. The molecule has 0 saturated carbocycles. The maximum atomic E-state index is 12.8. The van der Waals surface area contributed by atoms with Crippen LogP contribution in [0.25, 0.3) is 0 Å². The van der Waals surface area contributed by atoms with Crippen LogP contribution in [0.2, 0.25) is 0 Å². The van der Waals surface area contributed by atoms with E-state index >= 15 is 0 Å². The minimum atomic E-state index is -0.601. The summed E-state index contributed by atoms with van der Waals surface area (Å²) in [5, 5.41) is 3.03. The molecule has 3 N–H and O–H groups in total. The monoisotopic (exact) mass is 486 g/mol. The van der Waals surface area contributed by atoms with Crippen molar-refractivity contribution in [1.82, 2.24) is 15.8 Å². The number of methoxy groups -OCH3 is 1. The number of rotatable bonds is 7. The lowest BCUT2D eigenvalue weighted by atomic mass is 10.1. The second-order valence-electron chi connectivity index (χ2n) is 8.45. The largest absolute Gasteiger partial charge is 0.496 e. The first-order chi connectivity index (χ1) is 17.3. The second kappa shape index (κ2) is 10.3. The third kappa shape index (κ3) is 5.05. The van der Waals surface area contributed by atoms with E-state index in [9.17, 15) is 19.2 Å². The summed E-state index contributed by atoms with van der Waals surface area (Å²) in [5.41, 5.74) is 9.11. The van der Waals surface area contributed by atoms with Crippen LogP contribution >= 0.6 is 0 Å². The Morgan fingerprint density at radius 1 is 0.889 bits per heavy atom. The molecule has 184 valence electrons. The molecule has 0 aromatic heterocycles. The van der Waals surface area contributed by atoms with Crippen LogP contribution in [0.5, 0.6) is 5.75 Å². The minimum Gasteiger partial charge on any atom is -0.496 e. The molecule has 1 aliphatic rings. The van der Waals surface area contributed by atoms with Gasteiger partial charge in [-0.25, -0.2) is 0 Å². The van der Waals surface area contributed by atoms with Crippen molar-refractivity contribution in [3.05, 3.63) is 94.0 Å². The van der Waals surface area contributed by atoms with Crippen molar-refractivity contribution in [3.63, 3.8) is 0 Å². The van der Waals surface area contributed by atoms with Crippen LogP contribution in [-0.4, -0.2) is 42.2 Å². The third-order valence-electron chi connectivity index (χ3n) is 5.86. The van der Waals surface area contributed by atoms with Crippen LogP contribution in [0.1, 0.15) is 47.8 Å². The zero-order valence-corrected chi connectivity index (χ0v) is 20.2. The molecule has 0 saturated heterocycles. The van der Waals surface area contributed by atoms with Gasteiger partial charge in [0.1, 0.15) is 5.75 Å². The van der Waals surface area contributed by atoms with Crippen LogP contribution in [0.4, 0.5) is 5.69 Å². The SMILES string of the molecule is COc1ccc(CN2C(=O)c3ccccc3C2=O)cc1C(=O)NNC(=O)CNc1ccc(C)cc1C. The maximum absolute atomic E-state index is 12.8. The van der Waals surface area contributed by atoms with Crippen molar-refractivity contribution >= 4 is 29.3 Å². The molecule has 0 bridgehead atoms. The third-order valence-corrected chi connectivity index (χ3v) is 5.86. The molecule has 0 spiro atoms. The number of hydrazine groups is 1. The fraction of sp³-hybridized carbons (Fsp3) is 0.185. The molecule has 36 heavy (non-hydrogen) atoms. The maximum Gasteiger partial charge on any atom is 0.273 e. The molecule has 0 atom stereocenters. The highest BCUT2D eigenvalue weighted by Crippen LogP contribution is 2.26. The number of aryl methyl sites for hydroxylation is 2. The quantitative estimate of drug-likeness (QED) is 0.349. The van der Waals surface area contributed by atoms with Crippen LogP contribution in [-0.2, 0) is 11.3 Å². The number of imide groups is 1. The van der Waals surface area contributed by atoms with Crippen molar-refractivity contribution in [3.8, 4) is 5.75 Å². The number of fused-ring (bicyclic) bond motifs is 1. The zero-order chi connectivity index (χ0) is 25.8. The highest BCUT2D eigenvalue weighted by Gasteiger charge is 2.35. The Morgan fingerprint density at radius 3 is 2.22 bits per heavy atom. The predicted molar refractivity (Wildman–Crippen MR) is 134 cm³/mol. The summed E-state index contributed by atoms with van der Waals surface area (Å²) in [6.07, 6.45) is 0. The highest BCUT2D eigenvalue weighted by atomic mass is 16.5. The number of carbonyl (C=O) groups is 4. The Kier molecular flexibility index (Phi) is 7.00. The van der Waals surface area contributed by atoms with E-state index in [2.05, 4.69) is 16.2 Å². The summed E-state index contributed by atoms with van der Waals surface area (Å²) >= 11 is 0. The molecule has 0 radical (unpaired) electrons. The van der Waals surface area contributed by atoms with Gasteiger partial charge in [-0.1, -0.05) is 35.9 Å². The van der Waals surface area contributed by atoms with Crippen molar-refractivity contribution in [1.29, 1.82) is 0 Å². The van der Waals surface area contributed by atoms with E-state index in [1.165, 1.54) is 13.2 Å². The normalized spacial score (nSPS) is 12.2. The lowest BCUT2D eigenvalue weighted by molar-refractivity contribution is -0.120. The van der Waals surface area contributed by atoms with Crippen molar-refractivity contribution in [2.45, 2.75) is 20.4 Å². The van der Waals surface area contributed by atoms with E-state index in [4.69, 9.17) is 4.74 Å². The van der Waals surface area contributed by atoms with E-state index in [0.717, 1.165) is 21.7 Å². The number of benzene rings is 3. The average molecular weight is 487 g/mol. The molecule has 3 aromatic rings. The number of hydrogen-bond donors (Lipinski definition) is 3. The highest BCUT2D eigenvalue weighted by molar-refractivity contribution is 6.21. The van der Waals surface area contributed by atoms with E-state index < -0.39 is 11.8 Å². The zero-order valence-electron chi connectivity index (χ0n) is 20.2. The molecule has 4 amide bonds. The number of nitrogens with zero attached hydrogens (tertiary/aromatic N) is 1. The summed E-state index contributed by atoms with van der Waals surface area (Å²) in [6, 6.07) is 17.2. The van der Waals surface area contributed by atoms with Gasteiger partial charge in [-0.05, 0) is 55.3 Å². The Morgan fingerprint density at radius 2 is 1.58 bits per heavy atom. The predicted octanol–water partition coefficient (Wildman–Crippen LogP) is 2.98. The molecule has 4 rings (SSSR count). The molecule has 0 unspecified atom stereocenters. The fourth-order valence-corrected chi connectivity index (χ4v) is 4.02. The Bertz CT molecular complexity index is 1330. The molecule has 3 aromatic carbocycles. The van der Waals surface area contributed by atoms with Gasteiger partial charge in [-0.2, -0.15) is 0 Å². The van der Waals surface area contributed by atoms with Gasteiger partial charge in [-0.15, -0.1) is 0 Å². The number of amides is 4. The topological polar surface area (TPSA) is 117 Å². The summed E-state index contributed by atoms with van der Waals surface area (Å²) in [5.74, 6) is -1.54. The first-order valence-electron chi connectivity index (χ1n) is 11.3. The average Bonchev–Trinajstić information content (AvgIpc) is 3.11. The van der Waals surface area contributed by atoms with Gasteiger partial charge in [0.15, 0.2) is 0 Å². The molecule has 0 aliphatic carbocycles. The van der Waals surface area contributed by atoms with Gasteiger partial charge >= 0.3 is 0 Å². The summed E-state index contributed by atoms with van der Waals surface area (Å²) < 4.78 is 5.29. The lowest BCUT2D eigenvalue weighted by Crippen LogP contribution is -2.44. The summed E-state index contributed by atoms with van der Waals surface area (Å²) in [7, 11) is 1.42. The number of nitrogens with one attached hydrogen (secondary N) is 3. The van der Waals surface area contributed by atoms with Crippen LogP contribution in [0.15, 0.2) is 60.7 Å². The first-order valence-corrected chi connectivity index (χ1v) is 11.3. The van der Waals surface area contributed by atoms with Crippen molar-refractivity contribution in [2.24, 2.45) is 0 Å². The van der Waals surface area contributed by atoms with Gasteiger partial charge < -0.3 is 10.1 Å².